The van der Waals surface area contributed by atoms with Gasteiger partial charge >= 0.3 is 6.09 Å². The number of nitrogens with one attached hydrogen (secondary N) is 3. The van der Waals surface area contributed by atoms with Crippen LogP contribution in [0.15, 0.2) is 12.5 Å². The number of imidazole rings is 1. The SMILES string of the molecule is CC(C)(C)OC(=O)NCC1CCCC1NCCc1cnc[nH]1. The van der Waals surface area contributed by atoms with Crippen molar-refractivity contribution in [3.63, 3.8) is 0 Å². The highest BCUT2D eigenvalue weighted by Gasteiger charge is 2.27. The molecule has 0 aromatic carbocycles. The summed E-state index contributed by atoms with van der Waals surface area (Å²) in [6.45, 7) is 7.23. The van der Waals surface area contributed by atoms with Crippen LogP contribution < -0.4 is 10.6 Å². The lowest BCUT2D eigenvalue weighted by molar-refractivity contribution is 0.0517. The molecule has 3 N–H and O–H groups in total. The Kier molecular flexibility index (Phi) is 5.83. The van der Waals surface area contributed by atoms with Gasteiger partial charge in [-0.3, -0.25) is 0 Å². The molecule has 2 rings (SSSR count). The summed E-state index contributed by atoms with van der Waals surface area (Å²) >= 11 is 0. The molecule has 1 heterocycles. The van der Waals surface area contributed by atoms with Crippen molar-refractivity contribution in [1.82, 2.24) is 20.6 Å². The van der Waals surface area contributed by atoms with E-state index in [2.05, 4.69) is 20.6 Å². The third kappa shape index (κ3) is 5.67. The Hall–Kier alpha value is -1.56. The second kappa shape index (κ2) is 7.63. The lowest BCUT2D eigenvalue weighted by atomic mass is 10.0. The van der Waals surface area contributed by atoms with Gasteiger partial charge in [-0.25, -0.2) is 9.78 Å². The highest BCUT2D eigenvalue weighted by atomic mass is 16.6. The van der Waals surface area contributed by atoms with E-state index < -0.39 is 5.60 Å². The maximum absolute atomic E-state index is 11.7. The zero-order chi connectivity index (χ0) is 16.0. The van der Waals surface area contributed by atoms with E-state index in [-0.39, 0.29) is 6.09 Å². The summed E-state index contributed by atoms with van der Waals surface area (Å²) in [6.07, 6.45) is 7.72. The third-order valence-electron chi connectivity index (χ3n) is 3.92. The molecule has 0 saturated heterocycles. The summed E-state index contributed by atoms with van der Waals surface area (Å²) in [7, 11) is 0. The van der Waals surface area contributed by atoms with E-state index in [9.17, 15) is 4.79 Å². The van der Waals surface area contributed by atoms with Crippen LogP contribution in [0.1, 0.15) is 45.7 Å². The number of hydrogen-bond acceptors (Lipinski definition) is 4. The number of carbonyl (C=O) groups excluding carboxylic acids is 1. The Labute approximate surface area is 132 Å². The molecule has 0 radical (unpaired) electrons. The molecule has 0 spiro atoms. The fourth-order valence-electron chi connectivity index (χ4n) is 2.89. The monoisotopic (exact) mass is 308 g/mol. The number of alkyl carbamates (subject to hydrolysis) is 1. The fourth-order valence-corrected chi connectivity index (χ4v) is 2.89. The van der Waals surface area contributed by atoms with Crippen LogP contribution in [0.5, 0.6) is 0 Å². The van der Waals surface area contributed by atoms with Crippen LogP contribution in [0.2, 0.25) is 0 Å². The van der Waals surface area contributed by atoms with Crippen molar-refractivity contribution in [3.05, 3.63) is 18.2 Å². The number of aromatic amines is 1. The van der Waals surface area contributed by atoms with E-state index in [0.717, 1.165) is 25.1 Å². The molecule has 1 amide bonds. The first-order valence-corrected chi connectivity index (χ1v) is 8.11. The van der Waals surface area contributed by atoms with E-state index in [0.29, 0.717) is 18.5 Å². The minimum atomic E-state index is -0.443. The zero-order valence-electron chi connectivity index (χ0n) is 13.8. The average molecular weight is 308 g/mol. The molecule has 0 aliphatic heterocycles. The number of nitrogens with zero attached hydrogens (tertiary/aromatic N) is 1. The maximum atomic E-state index is 11.7. The number of H-pyrrole nitrogens is 1. The molecular formula is C16H28N4O2. The first-order chi connectivity index (χ1) is 10.4. The topological polar surface area (TPSA) is 79.0 Å². The average Bonchev–Trinajstić information content (AvgIpc) is 3.06. The van der Waals surface area contributed by atoms with E-state index in [1.807, 2.05) is 27.0 Å². The van der Waals surface area contributed by atoms with Crippen molar-refractivity contribution in [2.45, 2.75) is 58.1 Å². The van der Waals surface area contributed by atoms with Crippen LogP contribution in [0.3, 0.4) is 0 Å². The van der Waals surface area contributed by atoms with Gasteiger partial charge in [0.05, 0.1) is 6.33 Å². The number of ether oxygens (including phenoxy) is 1. The van der Waals surface area contributed by atoms with E-state index >= 15 is 0 Å². The summed E-state index contributed by atoms with van der Waals surface area (Å²) in [6, 6.07) is 0.470. The smallest absolute Gasteiger partial charge is 0.407 e. The predicted molar refractivity (Wildman–Crippen MR) is 85.7 cm³/mol. The predicted octanol–water partition coefficient (Wildman–Crippen LogP) is 2.24. The Morgan fingerprint density at radius 3 is 2.95 bits per heavy atom. The molecule has 1 aliphatic rings. The molecule has 1 aliphatic carbocycles. The molecule has 2 unspecified atom stereocenters. The standard InChI is InChI=1S/C16H28N4O2/c1-16(2,3)22-15(21)19-9-12-5-4-6-14(12)18-8-7-13-10-17-11-20-13/h10-12,14,18H,4-9H2,1-3H3,(H,17,20)(H,19,21). The summed E-state index contributed by atoms with van der Waals surface area (Å²) in [5.74, 6) is 0.481. The second-order valence-corrected chi connectivity index (χ2v) is 6.96. The summed E-state index contributed by atoms with van der Waals surface area (Å²) < 4.78 is 5.28. The quantitative estimate of drug-likeness (QED) is 0.753. The van der Waals surface area contributed by atoms with E-state index in [1.165, 1.54) is 12.8 Å². The van der Waals surface area contributed by atoms with Gasteiger partial charge in [0.2, 0.25) is 0 Å². The first-order valence-electron chi connectivity index (χ1n) is 8.11. The fraction of sp³-hybridized carbons (Fsp3) is 0.750. The zero-order valence-corrected chi connectivity index (χ0v) is 13.8. The van der Waals surface area contributed by atoms with Crippen molar-refractivity contribution in [2.24, 2.45) is 5.92 Å². The molecule has 1 fully saturated rings. The van der Waals surface area contributed by atoms with Gasteiger partial charge in [0.15, 0.2) is 0 Å². The Bertz CT molecular complexity index is 453. The highest BCUT2D eigenvalue weighted by Crippen LogP contribution is 2.25. The van der Waals surface area contributed by atoms with Gasteiger partial charge < -0.3 is 20.4 Å². The van der Waals surface area contributed by atoms with Crippen LogP contribution in [0, 0.1) is 5.92 Å². The van der Waals surface area contributed by atoms with Crippen LogP contribution >= 0.6 is 0 Å². The third-order valence-corrected chi connectivity index (χ3v) is 3.92. The number of rotatable bonds is 6. The van der Waals surface area contributed by atoms with Crippen molar-refractivity contribution in [2.75, 3.05) is 13.1 Å². The van der Waals surface area contributed by atoms with E-state index in [4.69, 9.17) is 4.74 Å². The first kappa shape index (κ1) is 16.8. The largest absolute Gasteiger partial charge is 0.444 e. The Balaban J connectivity index is 1.68. The molecule has 2 atom stereocenters. The molecular weight excluding hydrogens is 280 g/mol. The van der Waals surface area contributed by atoms with Gasteiger partial charge in [-0.2, -0.15) is 0 Å². The molecule has 6 heteroatoms. The number of amides is 1. The number of aromatic nitrogens is 2. The molecule has 0 bridgehead atoms. The normalized spacial score (nSPS) is 21.8. The summed E-state index contributed by atoms with van der Waals surface area (Å²) in [4.78, 5) is 18.9. The van der Waals surface area contributed by atoms with Gasteiger partial charge in [-0.1, -0.05) is 6.42 Å². The van der Waals surface area contributed by atoms with E-state index in [1.54, 1.807) is 6.33 Å². The van der Waals surface area contributed by atoms with Crippen molar-refractivity contribution < 1.29 is 9.53 Å². The van der Waals surface area contributed by atoms with Gasteiger partial charge in [0.25, 0.3) is 0 Å². The number of carbonyl (C=O) groups is 1. The molecule has 22 heavy (non-hydrogen) atoms. The Morgan fingerprint density at radius 1 is 1.45 bits per heavy atom. The summed E-state index contributed by atoms with van der Waals surface area (Å²) in [5, 5.41) is 6.50. The van der Waals surface area contributed by atoms with Crippen molar-refractivity contribution in [3.8, 4) is 0 Å². The molecule has 6 nitrogen and oxygen atoms in total. The highest BCUT2D eigenvalue weighted by molar-refractivity contribution is 5.67. The molecule has 124 valence electrons. The summed E-state index contributed by atoms with van der Waals surface area (Å²) in [5.41, 5.74) is 0.704. The van der Waals surface area contributed by atoms with Gasteiger partial charge in [0, 0.05) is 37.4 Å². The second-order valence-electron chi connectivity index (χ2n) is 6.96. The number of hydrogen-bond donors (Lipinski definition) is 3. The van der Waals surface area contributed by atoms with Crippen LogP contribution in [-0.4, -0.2) is 40.8 Å². The van der Waals surface area contributed by atoms with Crippen LogP contribution in [-0.2, 0) is 11.2 Å². The van der Waals surface area contributed by atoms with Gasteiger partial charge in [-0.15, -0.1) is 0 Å². The maximum Gasteiger partial charge on any atom is 0.407 e. The van der Waals surface area contributed by atoms with Gasteiger partial charge in [0.1, 0.15) is 5.60 Å². The molecule has 1 saturated carbocycles. The Morgan fingerprint density at radius 2 is 2.27 bits per heavy atom. The molecule has 1 aromatic heterocycles. The van der Waals surface area contributed by atoms with Crippen LogP contribution in [0.25, 0.3) is 0 Å². The van der Waals surface area contributed by atoms with Crippen molar-refractivity contribution >= 4 is 6.09 Å². The molecule has 1 aromatic rings. The van der Waals surface area contributed by atoms with Crippen molar-refractivity contribution in [1.29, 1.82) is 0 Å². The van der Waals surface area contributed by atoms with Crippen LogP contribution in [0.4, 0.5) is 4.79 Å². The lowest BCUT2D eigenvalue weighted by Gasteiger charge is -2.23. The minimum Gasteiger partial charge on any atom is -0.444 e. The lowest BCUT2D eigenvalue weighted by Crippen LogP contribution is -2.41. The van der Waals surface area contributed by atoms with Gasteiger partial charge in [-0.05, 0) is 39.5 Å². The minimum absolute atomic E-state index is 0.324.